The molecule has 0 aromatic heterocycles. The van der Waals surface area contributed by atoms with Crippen molar-refractivity contribution in [2.45, 2.75) is 26.2 Å². The van der Waals surface area contributed by atoms with Crippen molar-refractivity contribution in [1.82, 2.24) is 0 Å². The fourth-order valence-corrected chi connectivity index (χ4v) is 2.33. The summed E-state index contributed by atoms with van der Waals surface area (Å²) >= 11 is 0. The first-order chi connectivity index (χ1) is 10.2. The molecule has 0 amide bonds. The average molecular weight is 280 g/mol. The van der Waals surface area contributed by atoms with Gasteiger partial charge in [-0.2, -0.15) is 0 Å². The third kappa shape index (κ3) is 3.60. The highest BCUT2D eigenvalue weighted by Gasteiger charge is 2.11. The van der Waals surface area contributed by atoms with Crippen molar-refractivity contribution in [1.29, 1.82) is 0 Å². The van der Waals surface area contributed by atoms with Crippen LogP contribution in [-0.2, 0) is 6.42 Å². The molecule has 0 fully saturated rings. The molecule has 1 N–H and O–H groups in total. The van der Waals surface area contributed by atoms with Crippen LogP contribution in [0.25, 0.3) is 11.1 Å². The Morgan fingerprint density at radius 3 is 2.52 bits per heavy atom. The minimum absolute atomic E-state index is 0.0832. The van der Waals surface area contributed by atoms with Gasteiger partial charge in [-0.15, -0.1) is 0 Å². The molecule has 2 rings (SSSR count). The van der Waals surface area contributed by atoms with Crippen molar-refractivity contribution in [2.75, 3.05) is 0 Å². The Balaban J connectivity index is 2.49. The van der Waals surface area contributed by atoms with E-state index in [9.17, 15) is 9.90 Å². The molecule has 0 spiro atoms. The van der Waals surface area contributed by atoms with Crippen LogP contribution in [0.1, 0.15) is 35.7 Å². The lowest BCUT2D eigenvalue weighted by atomic mass is 9.93. The molecule has 2 heteroatoms. The van der Waals surface area contributed by atoms with Crippen LogP contribution in [0.5, 0.6) is 5.75 Å². The van der Waals surface area contributed by atoms with Gasteiger partial charge in [-0.05, 0) is 47.7 Å². The molecular weight excluding hydrogens is 260 g/mol. The van der Waals surface area contributed by atoms with Crippen LogP contribution in [-0.4, -0.2) is 10.9 Å². The van der Waals surface area contributed by atoms with Crippen LogP contribution in [0, 0.1) is 0 Å². The summed E-state index contributed by atoms with van der Waals surface area (Å²) in [6, 6.07) is 12.9. The summed E-state index contributed by atoms with van der Waals surface area (Å²) in [5, 5.41) is 9.42. The minimum atomic E-state index is -0.0832. The van der Waals surface area contributed by atoms with Crippen LogP contribution in [0.4, 0.5) is 0 Å². The van der Waals surface area contributed by atoms with Gasteiger partial charge in [0.1, 0.15) is 5.75 Å². The highest BCUT2D eigenvalue weighted by molar-refractivity contribution is 6.08. The van der Waals surface area contributed by atoms with Crippen molar-refractivity contribution in [2.24, 2.45) is 0 Å². The van der Waals surface area contributed by atoms with E-state index >= 15 is 0 Å². The molecule has 0 radical (unpaired) electrons. The topological polar surface area (TPSA) is 37.3 Å². The number of aryl methyl sites for hydroxylation is 1. The third-order valence-corrected chi connectivity index (χ3v) is 3.53. The minimum Gasteiger partial charge on any atom is -0.508 e. The number of rotatable bonds is 6. The maximum atomic E-state index is 12.0. The number of unbranched alkanes of at least 4 members (excludes halogenated alkanes) is 1. The summed E-state index contributed by atoms with van der Waals surface area (Å²) in [7, 11) is 0. The number of phenols is 1. The largest absolute Gasteiger partial charge is 0.508 e. The Morgan fingerprint density at radius 1 is 1.19 bits per heavy atom. The van der Waals surface area contributed by atoms with Gasteiger partial charge in [0.2, 0.25) is 0 Å². The summed E-state index contributed by atoms with van der Waals surface area (Å²) in [5.41, 5.74) is 3.70. The second-order valence-corrected chi connectivity index (χ2v) is 5.10. The number of aromatic hydroxyl groups is 1. The van der Waals surface area contributed by atoms with Gasteiger partial charge >= 0.3 is 0 Å². The first kappa shape index (κ1) is 15.0. The Labute approximate surface area is 125 Å². The number of carbonyl (C=O) groups is 1. The van der Waals surface area contributed by atoms with Crippen LogP contribution in [0.3, 0.4) is 0 Å². The monoisotopic (exact) mass is 280 g/mol. The Hall–Kier alpha value is -2.35. The van der Waals surface area contributed by atoms with Crippen LogP contribution in [0.15, 0.2) is 55.1 Å². The van der Waals surface area contributed by atoms with Crippen LogP contribution in [0.2, 0.25) is 0 Å². The van der Waals surface area contributed by atoms with E-state index < -0.39 is 0 Å². The SMILES string of the molecule is C=CC(=O)c1ccc(CCCC)cc1-c1ccc(O)cc1. The molecule has 2 aromatic rings. The summed E-state index contributed by atoms with van der Waals surface area (Å²) < 4.78 is 0. The van der Waals surface area contributed by atoms with E-state index in [0.717, 1.165) is 30.4 Å². The molecule has 0 saturated carbocycles. The molecule has 0 saturated heterocycles. The van der Waals surface area contributed by atoms with Gasteiger partial charge in [0.15, 0.2) is 5.78 Å². The smallest absolute Gasteiger partial charge is 0.185 e. The number of ketones is 1. The lowest BCUT2D eigenvalue weighted by Crippen LogP contribution is -1.99. The van der Waals surface area contributed by atoms with Crippen molar-refractivity contribution < 1.29 is 9.90 Å². The van der Waals surface area contributed by atoms with E-state index in [4.69, 9.17) is 0 Å². The summed E-state index contributed by atoms with van der Waals surface area (Å²) in [6.07, 6.45) is 4.61. The molecular formula is C19H20O2. The summed E-state index contributed by atoms with van der Waals surface area (Å²) in [5.74, 6) is 0.137. The van der Waals surface area contributed by atoms with Crippen LogP contribution < -0.4 is 0 Å². The fourth-order valence-electron chi connectivity index (χ4n) is 2.33. The molecule has 2 nitrogen and oxygen atoms in total. The number of hydrogen-bond donors (Lipinski definition) is 1. The van der Waals surface area contributed by atoms with Crippen molar-refractivity contribution in [3.05, 3.63) is 66.2 Å². The van der Waals surface area contributed by atoms with E-state index in [1.807, 2.05) is 24.3 Å². The molecule has 0 heterocycles. The van der Waals surface area contributed by atoms with Gasteiger partial charge in [0, 0.05) is 5.56 Å². The van der Waals surface area contributed by atoms with E-state index in [1.54, 1.807) is 12.1 Å². The standard InChI is InChI=1S/C19H20O2/c1-3-5-6-14-7-12-17(19(21)4-2)18(13-14)15-8-10-16(20)11-9-15/h4,7-13,20H,2-3,5-6H2,1H3. The average Bonchev–Trinajstić information content (AvgIpc) is 2.52. The number of carbonyl (C=O) groups excluding carboxylic acids is 1. The molecule has 0 aliphatic heterocycles. The summed E-state index contributed by atoms with van der Waals surface area (Å²) in [6.45, 7) is 5.73. The van der Waals surface area contributed by atoms with Crippen LogP contribution >= 0.6 is 0 Å². The Morgan fingerprint density at radius 2 is 1.90 bits per heavy atom. The maximum absolute atomic E-state index is 12.0. The molecule has 0 aliphatic rings. The number of phenolic OH excluding ortho intramolecular Hbond substituents is 1. The fraction of sp³-hybridized carbons (Fsp3) is 0.211. The summed E-state index contributed by atoms with van der Waals surface area (Å²) in [4.78, 5) is 12.0. The second kappa shape index (κ2) is 6.89. The third-order valence-electron chi connectivity index (χ3n) is 3.53. The molecule has 2 aromatic carbocycles. The predicted octanol–water partition coefficient (Wildman–Crippen LogP) is 4.77. The molecule has 0 unspecified atom stereocenters. The molecule has 0 atom stereocenters. The number of benzene rings is 2. The Bertz CT molecular complexity index is 639. The highest BCUT2D eigenvalue weighted by Crippen LogP contribution is 2.28. The molecule has 108 valence electrons. The molecule has 0 aliphatic carbocycles. The molecule has 21 heavy (non-hydrogen) atoms. The quantitative estimate of drug-likeness (QED) is 0.611. The van der Waals surface area contributed by atoms with Crippen molar-refractivity contribution >= 4 is 5.78 Å². The lowest BCUT2D eigenvalue weighted by Gasteiger charge is -2.10. The van der Waals surface area contributed by atoms with E-state index in [1.165, 1.54) is 11.6 Å². The number of allylic oxidation sites excluding steroid dienone is 1. The lowest BCUT2D eigenvalue weighted by molar-refractivity contribution is 0.104. The van der Waals surface area contributed by atoms with Gasteiger partial charge in [0.25, 0.3) is 0 Å². The van der Waals surface area contributed by atoms with Gasteiger partial charge in [-0.3, -0.25) is 4.79 Å². The van der Waals surface area contributed by atoms with Gasteiger partial charge in [-0.25, -0.2) is 0 Å². The predicted molar refractivity (Wildman–Crippen MR) is 86.7 cm³/mol. The first-order valence-electron chi connectivity index (χ1n) is 7.24. The van der Waals surface area contributed by atoms with E-state index in [0.29, 0.717) is 5.56 Å². The zero-order valence-corrected chi connectivity index (χ0v) is 12.3. The highest BCUT2D eigenvalue weighted by atomic mass is 16.3. The zero-order valence-electron chi connectivity index (χ0n) is 12.3. The second-order valence-electron chi connectivity index (χ2n) is 5.10. The zero-order chi connectivity index (χ0) is 15.2. The normalized spacial score (nSPS) is 10.3. The van der Waals surface area contributed by atoms with E-state index in [-0.39, 0.29) is 11.5 Å². The number of hydrogen-bond acceptors (Lipinski definition) is 2. The Kier molecular flexibility index (Phi) is 4.94. The molecule has 0 bridgehead atoms. The van der Waals surface area contributed by atoms with Gasteiger partial charge in [-0.1, -0.05) is 50.3 Å². The maximum Gasteiger partial charge on any atom is 0.185 e. The van der Waals surface area contributed by atoms with E-state index in [2.05, 4.69) is 19.6 Å². The van der Waals surface area contributed by atoms with Gasteiger partial charge < -0.3 is 5.11 Å². The van der Waals surface area contributed by atoms with Crippen molar-refractivity contribution in [3.63, 3.8) is 0 Å². The van der Waals surface area contributed by atoms with Crippen molar-refractivity contribution in [3.8, 4) is 16.9 Å². The first-order valence-corrected chi connectivity index (χ1v) is 7.24. The van der Waals surface area contributed by atoms with Gasteiger partial charge in [0.05, 0.1) is 0 Å².